The first-order valence-corrected chi connectivity index (χ1v) is 9.76. The Kier molecular flexibility index (Phi) is 5.19. The summed E-state index contributed by atoms with van der Waals surface area (Å²) in [5, 5.41) is 16.2. The molecule has 1 atom stereocenters. The molecular formula is C20H18Cl2F2N2O3. The number of nitrogens with one attached hydrogen (secondary N) is 2. The molecule has 3 N–H and O–H groups in total. The molecule has 0 aromatic heterocycles. The van der Waals surface area contributed by atoms with E-state index in [1.165, 1.54) is 24.3 Å². The highest BCUT2D eigenvalue weighted by molar-refractivity contribution is 6.31. The van der Waals surface area contributed by atoms with Crippen molar-refractivity contribution in [2.24, 2.45) is 0 Å². The van der Waals surface area contributed by atoms with Crippen molar-refractivity contribution in [3.05, 3.63) is 63.6 Å². The maximum atomic E-state index is 13.5. The average Bonchev–Trinajstić information content (AvgIpc) is 2.62. The van der Waals surface area contributed by atoms with Crippen LogP contribution in [0.1, 0.15) is 29.6 Å². The van der Waals surface area contributed by atoms with Gasteiger partial charge >= 0.3 is 0 Å². The van der Waals surface area contributed by atoms with Crippen molar-refractivity contribution >= 4 is 29.1 Å². The first kappa shape index (κ1) is 20.3. The Morgan fingerprint density at radius 3 is 2.31 bits per heavy atom. The molecule has 0 aliphatic heterocycles. The molecule has 0 heterocycles. The van der Waals surface area contributed by atoms with Crippen LogP contribution in [0.25, 0.3) is 0 Å². The van der Waals surface area contributed by atoms with Crippen LogP contribution in [0.4, 0.5) is 8.78 Å². The summed E-state index contributed by atoms with van der Waals surface area (Å²) >= 11 is 11.3. The van der Waals surface area contributed by atoms with Gasteiger partial charge in [-0.25, -0.2) is 8.78 Å². The summed E-state index contributed by atoms with van der Waals surface area (Å²) in [7, 11) is 0. The number of carbonyl (C=O) groups excluding carboxylic acids is 1. The second-order valence-corrected chi connectivity index (χ2v) is 8.54. The van der Waals surface area contributed by atoms with Crippen LogP contribution in [-0.4, -0.2) is 34.9 Å². The minimum absolute atomic E-state index is 0.00132. The predicted octanol–water partition coefficient (Wildman–Crippen LogP) is 3.66. The standard InChI is InChI=1S/C20H18Cl2F2N2O3/c21-13-3-1-11(5-15(13)23)18(28)26-20-8-19(9-20,10-20)25-17(27)7-29-12-2-4-14(22)16(24)6-12/h1-6,17,25,27H,7-10H2,(H,26,28). The average molecular weight is 443 g/mol. The van der Waals surface area contributed by atoms with Gasteiger partial charge in [-0.05, 0) is 49.6 Å². The smallest absolute Gasteiger partial charge is 0.251 e. The van der Waals surface area contributed by atoms with Crippen molar-refractivity contribution in [3.8, 4) is 5.75 Å². The number of benzene rings is 2. The van der Waals surface area contributed by atoms with E-state index >= 15 is 0 Å². The SMILES string of the molecule is O=C(NC12CC(NC(O)COc3ccc(Cl)c(F)c3)(C1)C2)c1ccc(Cl)c(F)c1. The van der Waals surface area contributed by atoms with E-state index in [0.717, 1.165) is 12.1 Å². The molecular weight excluding hydrogens is 425 g/mol. The molecule has 1 amide bonds. The Balaban J connectivity index is 1.24. The number of hydrogen-bond donors (Lipinski definition) is 3. The van der Waals surface area contributed by atoms with Gasteiger partial charge in [0.05, 0.1) is 10.0 Å². The fourth-order valence-corrected chi connectivity index (χ4v) is 4.40. The number of halogens is 4. The molecule has 3 aliphatic carbocycles. The van der Waals surface area contributed by atoms with Crippen LogP contribution in [0.2, 0.25) is 10.0 Å². The summed E-state index contributed by atoms with van der Waals surface area (Å²) in [6, 6.07) is 7.98. The first-order valence-electron chi connectivity index (χ1n) is 9.01. The molecule has 1 unspecified atom stereocenters. The molecule has 5 nitrogen and oxygen atoms in total. The summed E-state index contributed by atoms with van der Waals surface area (Å²) in [6.07, 6.45) is 0.991. The molecule has 3 fully saturated rings. The molecule has 2 aromatic carbocycles. The van der Waals surface area contributed by atoms with Crippen molar-refractivity contribution in [1.29, 1.82) is 0 Å². The maximum absolute atomic E-state index is 13.5. The molecule has 3 aliphatic rings. The van der Waals surface area contributed by atoms with E-state index in [-0.39, 0.29) is 45.0 Å². The van der Waals surface area contributed by atoms with E-state index in [9.17, 15) is 18.7 Å². The number of aliphatic hydroxyl groups excluding tert-OH is 1. The minimum Gasteiger partial charge on any atom is -0.489 e. The van der Waals surface area contributed by atoms with Crippen LogP contribution < -0.4 is 15.4 Å². The van der Waals surface area contributed by atoms with Crippen LogP contribution in [0, 0.1) is 11.6 Å². The molecule has 0 spiro atoms. The van der Waals surface area contributed by atoms with Gasteiger partial charge < -0.3 is 15.2 Å². The fraction of sp³-hybridized carbons (Fsp3) is 0.350. The van der Waals surface area contributed by atoms with E-state index in [1.54, 1.807) is 0 Å². The lowest BCUT2D eigenvalue weighted by Crippen LogP contribution is -2.84. The zero-order chi connectivity index (χ0) is 20.8. The lowest BCUT2D eigenvalue weighted by atomic mass is 9.44. The third-order valence-corrected chi connectivity index (χ3v) is 5.98. The monoisotopic (exact) mass is 442 g/mol. The van der Waals surface area contributed by atoms with Gasteiger partial charge in [0.25, 0.3) is 5.91 Å². The molecule has 2 aromatic rings. The van der Waals surface area contributed by atoms with Crippen molar-refractivity contribution in [2.75, 3.05) is 6.61 Å². The van der Waals surface area contributed by atoms with Gasteiger partial charge in [0.1, 0.15) is 30.2 Å². The molecule has 0 radical (unpaired) electrons. The molecule has 0 saturated heterocycles. The van der Waals surface area contributed by atoms with Gasteiger partial charge in [-0.15, -0.1) is 0 Å². The zero-order valence-electron chi connectivity index (χ0n) is 15.1. The van der Waals surface area contributed by atoms with Crippen molar-refractivity contribution in [3.63, 3.8) is 0 Å². The van der Waals surface area contributed by atoms with E-state index in [0.29, 0.717) is 19.3 Å². The highest BCUT2D eigenvalue weighted by Crippen LogP contribution is 2.60. The van der Waals surface area contributed by atoms with Crippen LogP contribution in [0.15, 0.2) is 36.4 Å². The zero-order valence-corrected chi connectivity index (χ0v) is 16.7. The van der Waals surface area contributed by atoms with E-state index in [1.807, 2.05) is 0 Å². The maximum Gasteiger partial charge on any atom is 0.251 e. The van der Waals surface area contributed by atoms with Gasteiger partial charge in [0, 0.05) is 22.7 Å². The van der Waals surface area contributed by atoms with E-state index < -0.39 is 17.9 Å². The third kappa shape index (κ3) is 4.05. The van der Waals surface area contributed by atoms with Crippen LogP contribution in [-0.2, 0) is 0 Å². The number of carbonyl (C=O) groups is 1. The number of aliphatic hydroxyl groups is 1. The molecule has 9 heteroatoms. The van der Waals surface area contributed by atoms with Crippen molar-refractivity contribution in [2.45, 2.75) is 36.6 Å². The van der Waals surface area contributed by atoms with Crippen LogP contribution in [0.5, 0.6) is 5.75 Å². The third-order valence-electron chi connectivity index (χ3n) is 5.36. The van der Waals surface area contributed by atoms with E-state index in [2.05, 4.69) is 10.6 Å². The normalized spacial score (nSPS) is 25.6. The molecule has 5 rings (SSSR count). The summed E-state index contributed by atoms with van der Waals surface area (Å²) in [4.78, 5) is 12.3. The first-order chi connectivity index (χ1) is 13.7. The fourth-order valence-electron chi connectivity index (χ4n) is 4.16. The lowest BCUT2D eigenvalue weighted by Gasteiger charge is -2.71. The minimum atomic E-state index is -0.951. The van der Waals surface area contributed by atoms with Crippen molar-refractivity contribution < 1.29 is 23.4 Å². The Labute approximate surface area is 176 Å². The summed E-state index contributed by atoms with van der Waals surface area (Å²) in [6.45, 7) is -0.0633. The summed E-state index contributed by atoms with van der Waals surface area (Å²) in [5.41, 5.74) is -0.408. The largest absolute Gasteiger partial charge is 0.489 e. The summed E-state index contributed by atoms with van der Waals surface area (Å²) < 4.78 is 32.3. The predicted molar refractivity (Wildman–Crippen MR) is 104 cm³/mol. The van der Waals surface area contributed by atoms with Gasteiger partial charge in [-0.2, -0.15) is 0 Å². The molecule has 29 heavy (non-hydrogen) atoms. The molecule has 2 bridgehead atoms. The quantitative estimate of drug-likeness (QED) is 0.572. The van der Waals surface area contributed by atoms with Gasteiger partial charge in [0.15, 0.2) is 0 Å². The number of amides is 1. The topological polar surface area (TPSA) is 70.6 Å². The Morgan fingerprint density at radius 2 is 1.69 bits per heavy atom. The molecule has 154 valence electrons. The van der Waals surface area contributed by atoms with Gasteiger partial charge in [0.2, 0.25) is 0 Å². The van der Waals surface area contributed by atoms with E-state index in [4.69, 9.17) is 27.9 Å². The second-order valence-electron chi connectivity index (χ2n) is 7.72. The highest BCUT2D eigenvalue weighted by Gasteiger charge is 2.68. The Morgan fingerprint density at radius 1 is 1.07 bits per heavy atom. The lowest BCUT2D eigenvalue weighted by molar-refractivity contribution is -0.127. The highest BCUT2D eigenvalue weighted by atomic mass is 35.5. The Bertz CT molecular complexity index is 953. The van der Waals surface area contributed by atoms with Crippen molar-refractivity contribution in [1.82, 2.24) is 10.6 Å². The molecule has 3 saturated carbocycles. The Hall–Kier alpha value is -1.93. The van der Waals surface area contributed by atoms with Crippen LogP contribution in [0.3, 0.4) is 0 Å². The summed E-state index contributed by atoms with van der Waals surface area (Å²) in [5.74, 6) is -1.32. The number of hydrogen-bond acceptors (Lipinski definition) is 4. The second kappa shape index (κ2) is 7.40. The number of ether oxygens (including phenoxy) is 1. The van der Waals surface area contributed by atoms with Gasteiger partial charge in [-0.1, -0.05) is 23.2 Å². The van der Waals surface area contributed by atoms with Gasteiger partial charge in [-0.3, -0.25) is 10.1 Å². The number of rotatable bonds is 7. The van der Waals surface area contributed by atoms with Crippen LogP contribution >= 0.6 is 23.2 Å².